The van der Waals surface area contributed by atoms with Crippen molar-refractivity contribution in [3.63, 3.8) is 0 Å². The molecule has 1 fully saturated rings. The maximum absolute atomic E-state index is 15.5. The Morgan fingerprint density at radius 3 is 2.95 bits per heavy atom. The lowest BCUT2D eigenvalue weighted by Crippen LogP contribution is -2.41. The molecule has 4 rings (SSSR count). The highest BCUT2D eigenvalue weighted by atomic mass is 32.2. The molecule has 0 spiro atoms. The van der Waals surface area contributed by atoms with Crippen LogP contribution in [0.5, 0.6) is 5.75 Å². The van der Waals surface area contributed by atoms with E-state index in [2.05, 4.69) is 20.1 Å². The van der Waals surface area contributed by atoms with Crippen molar-refractivity contribution in [3.05, 3.63) is 47.9 Å². The summed E-state index contributed by atoms with van der Waals surface area (Å²) < 4.78 is 20.9. The predicted molar refractivity (Wildman–Crippen MR) is 145 cm³/mol. The molecule has 3 atom stereocenters. The number of aromatic amines is 1. The third kappa shape index (κ3) is 7.45. The van der Waals surface area contributed by atoms with Crippen molar-refractivity contribution in [3.8, 4) is 5.75 Å². The van der Waals surface area contributed by atoms with Crippen molar-refractivity contribution in [2.75, 3.05) is 32.5 Å². The number of aromatic nitrogens is 3. The fourth-order valence-corrected chi connectivity index (χ4v) is 6.28. The lowest BCUT2D eigenvalue weighted by atomic mass is 9.79. The SMILES string of the molecule is COc1ccc2nccc([C@@H](F)CCC3CCN(CCCSc4cn[nH]c4C)CC3CCC(=O)O)c2c1. The van der Waals surface area contributed by atoms with Crippen LogP contribution in [0.15, 0.2) is 41.6 Å². The minimum Gasteiger partial charge on any atom is -0.497 e. The molecule has 2 unspecified atom stereocenters. The van der Waals surface area contributed by atoms with Gasteiger partial charge in [-0.1, -0.05) is 0 Å². The maximum atomic E-state index is 15.5. The molecular formula is C28H37FN4O3S. The highest BCUT2D eigenvalue weighted by Crippen LogP contribution is 2.36. The Labute approximate surface area is 222 Å². The molecule has 0 saturated carbocycles. The van der Waals surface area contributed by atoms with Gasteiger partial charge in [0, 0.05) is 35.1 Å². The maximum Gasteiger partial charge on any atom is 0.303 e. The van der Waals surface area contributed by atoms with Crippen molar-refractivity contribution in [1.82, 2.24) is 20.1 Å². The summed E-state index contributed by atoms with van der Waals surface area (Å²) in [5, 5.41) is 17.1. The summed E-state index contributed by atoms with van der Waals surface area (Å²) in [6, 6.07) is 7.31. The van der Waals surface area contributed by atoms with Gasteiger partial charge in [0.15, 0.2) is 0 Å². The first kappa shape index (κ1) is 27.4. The van der Waals surface area contributed by atoms with E-state index in [-0.39, 0.29) is 12.3 Å². The van der Waals surface area contributed by atoms with Crippen LogP contribution in [-0.2, 0) is 4.79 Å². The number of carboxylic acid groups (broad SMARTS) is 1. The Morgan fingerprint density at radius 1 is 1.32 bits per heavy atom. The first-order valence-corrected chi connectivity index (χ1v) is 14.1. The zero-order valence-corrected chi connectivity index (χ0v) is 22.5. The fraction of sp³-hybridized carbons (Fsp3) is 0.536. The van der Waals surface area contributed by atoms with Crippen LogP contribution in [0.25, 0.3) is 10.9 Å². The van der Waals surface area contributed by atoms with Gasteiger partial charge in [-0.05, 0) is 99.5 Å². The van der Waals surface area contributed by atoms with Gasteiger partial charge >= 0.3 is 5.97 Å². The number of aryl methyl sites for hydroxylation is 1. The highest BCUT2D eigenvalue weighted by molar-refractivity contribution is 7.99. The van der Waals surface area contributed by atoms with E-state index >= 15 is 4.39 Å². The monoisotopic (exact) mass is 528 g/mol. The van der Waals surface area contributed by atoms with E-state index in [4.69, 9.17) is 4.74 Å². The number of thioether (sulfide) groups is 1. The number of aliphatic carboxylic acids is 1. The minimum atomic E-state index is -1.10. The molecule has 1 aliphatic rings. The predicted octanol–water partition coefficient (Wildman–Crippen LogP) is 6.05. The number of ether oxygens (including phenoxy) is 1. The van der Waals surface area contributed by atoms with Crippen LogP contribution < -0.4 is 4.74 Å². The van der Waals surface area contributed by atoms with Gasteiger partial charge in [-0.3, -0.25) is 14.9 Å². The van der Waals surface area contributed by atoms with E-state index in [0.717, 1.165) is 61.2 Å². The molecule has 37 heavy (non-hydrogen) atoms. The van der Waals surface area contributed by atoms with Gasteiger partial charge in [0.25, 0.3) is 0 Å². The average molecular weight is 529 g/mol. The Kier molecular flexibility index (Phi) is 9.80. The van der Waals surface area contributed by atoms with Crippen molar-refractivity contribution in [2.24, 2.45) is 11.8 Å². The van der Waals surface area contributed by atoms with Gasteiger partial charge in [0.1, 0.15) is 11.9 Å². The molecule has 3 aromatic rings. The lowest BCUT2D eigenvalue weighted by Gasteiger charge is -2.39. The number of benzene rings is 1. The molecule has 1 saturated heterocycles. The van der Waals surface area contributed by atoms with Crippen LogP contribution in [0.2, 0.25) is 0 Å². The topological polar surface area (TPSA) is 91.3 Å². The molecule has 3 heterocycles. The molecule has 0 amide bonds. The van der Waals surface area contributed by atoms with E-state index in [0.29, 0.717) is 30.1 Å². The third-order valence-corrected chi connectivity index (χ3v) is 8.69. The Morgan fingerprint density at radius 2 is 2.19 bits per heavy atom. The summed E-state index contributed by atoms with van der Waals surface area (Å²) in [5.74, 6) is 1.56. The van der Waals surface area contributed by atoms with Gasteiger partial charge in [-0.25, -0.2) is 4.39 Å². The second kappa shape index (κ2) is 13.2. The van der Waals surface area contributed by atoms with Crippen LogP contribution in [0.4, 0.5) is 4.39 Å². The quantitative estimate of drug-likeness (QED) is 0.206. The molecule has 9 heteroatoms. The molecule has 1 aliphatic heterocycles. The second-order valence-corrected chi connectivity index (χ2v) is 11.1. The van der Waals surface area contributed by atoms with Gasteiger partial charge in [-0.15, -0.1) is 11.8 Å². The molecule has 2 aromatic heterocycles. The average Bonchev–Trinajstić information content (AvgIpc) is 3.32. The van der Waals surface area contributed by atoms with Gasteiger partial charge in [0.2, 0.25) is 0 Å². The van der Waals surface area contributed by atoms with Crippen LogP contribution in [-0.4, -0.2) is 63.7 Å². The second-order valence-electron chi connectivity index (χ2n) is 9.93. The van der Waals surface area contributed by atoms with E-state index < -0.39 is 12.1 Å². The summed E-state index contributed by atoms with van der Waals surface area (Å²) in [6.07, 6.45) is 6.47. The lowest BCUT2D eigenvalue weighted by molar-refractivity contribution is -0.137. The summed E-state index contributed by atoms with van der Waals surface area (Å²) in [4.78, 5) is 19.3. The van der Waals surface area contributed by atoms with Crippen LogP contribution >= 0.6 is 11.8 Å². The molecule has 7 nitrogen and oxygen atoms in total. The van der Waals surface area contributed by atoms with Crippen LogP contribution in [0, 0.1) is 18.8 Å². The largest absolute Gasteiger partial charge is 0.497 e. The number of halogens is 1. The Bertz CT molecular complexity index is 1170. The molecule has 1 aromatic carbocycles. The number of nitrogens with zero attached hydrogens (tertiary/aromatic N) is 3. The normalized spacial score (nSPS) is 19.2. The number of carboxylic acids is 1. The summed E-state index contributed by atoms with van der Waals surface area (Å²) in [7, 11) is 1.60. The fourth-order valence-electron chi connectivity index (χ4n) is 5.39. The zero-order chi connectivity index (χ0) is 26.2. The van der Waals surface area contributed by atoms with Crippen molar-refractivity contribution in [1.29, 1.82) is 0 Å². The van der Waals surface area contributed by atoms with E-state index in [9.17, 15) is 9.90 Å². The molecule has 0 bridgehead atoms. The standard InChI is InChI=1S/C28H37FN4O3S/c1-19-27(17-31-32-19)37-15-3-13-33-14-11-20(21(18-33)5-9-28(34)35)4-7-25(29)23-10-12-30-26-8-6-22(36-2)16-24(23)26/h6,8,10,12,16-17,20-21,25H,3-5,7,9,11,13-15,18H2,1-2H3,(H,31,32)(H,34,35)/t20?,21?,25-/m0/s1. The molecule has 0 aliphatic carbocycles. The van der Waals surface area contributed by atoms with E-state index in [1.807, 2.05) is 43.1 Å². The highest BCUT2D eigenvalue weighted by Gasteiger charge is 2.30. The van der Waals surface area contributed by atoms with Crippen molar-refractivity contribution >= 4 is 28.6 Å². The number of alkyl halides is 1. The Balaban J connectivity index is 1.32. The first-order valence-electron chi connectivity index (χ1n) is 13.1. The number of methoxy groups -OCH3 is 1. The van der Waals surface area contributed by atoms with Crippen molar-refractivity contribution in [2.45, 2.75) is 56.5 Å². The molecule has 2 N–H and O–H groups in total. The summed E-state index contributed by atoms with van der Waals surface area (Å²) in [5.41, 5.74) is 2.51. The van der Waals surface area contributed by atoms with Crippen molar-refractivity contribution < 1.29 is 19.0 Å². The number of pyridine rings is 1. The van der Waals surface area contributed by atoms with Gasteiger partial charge in [0.05, 0.1) is 18.8 Å². The zero-order valence-electron chi connectivity index (χ0n) is 21.7. The number of rotatable bonds is 13. The molecular weight excluding hydrogens is 491 g/mol. The first-order chi connectivity index (χ1) is 17.9. The number of likely N-dealkylation sites (tertiary alicyclic amines) is 1. The summed E-state index contributed by atoms with van der Waals surface area (Å²) >= 11 is 1.82. The third-order valence-electron chi connectivity index (χ3n) is 7.48. The molecule has 200 valence electrons. The van der Waals surface area contributed by atoms with Crippen LogP contribution in [0.1, 0.15) is 56.0 Å². The number of carbonyl (C=O) groups is 1. The van der Waals surface area contributed by atoms with E-state index in [1.54, 1.807) is 19.4 Å². The van der Waals surface area contributed by atoms with Crippen LogP contribution in [0.3, 0.4) is 0 Å². The van der Waals surface area contributed by atoms with Gasteiger partial charge in [-0.2, -0.15) is 5.10 Å². The number of hydrogen-bond donors (Lipinski definition) is 2. The van der Waals surface area contributed by atoms with Gasteiger partial charge < -0.3 is 14.7 Å². The number of nitrogens with one attached hydrogen (secondary N) is 1. The number of hydrogen-bond acceptors (Lipinski definition) is 6. The molecule has 0 radical (unpaired) electrons. The summed E-state index contributed by atoms with van der Waals surface area (Å²) in [6.45, 7) is 4.90. The van der Waals surface area contributed by atoms with E-state index in [1.165, 1.54) is 4.90 Å². The number of fused-ring (bicyclic) bond motifs is 1. The smallest absolute Gasteiger partial charge is 0.303 e. The minimum absolute atomic E-state index is 0.165. The number of piperidine rings is 1. The Hall–Kier alpha value is -2.65. The number of H-pyrrole nitrogens is 1.